The standard InChI is InChI=1S/C63H46F3NSi/c1-45-31-41-57-58-42-36-49(63(64,65)66)44-60(58)62(59(57)43-45,47-32-37-51(38-33-47)67(50-21-9-3-10-22-50)61-30-18-17-29-56(61)46-19-7-2-8-20-46)48-34-39-55(40-35-48)68(52-23-11-4-12-24-52,53-25-13-5-14-26-53)54-27-15-6-16-28-54/h2-44H,1H3. The van der Waals surface area contributed by atoms with E-state index in [0.29, 0.717) is 5.56 Å². The molecule has 0 spiro atoms. The molecule has 0 aliphatic heterocycles. The first-order valence-electron chi connectivity index (χ1n) is 23.0. The fourth-order valence-corrected chi connectivity index (χ4v) is 15.6. The maximum atomic E-state index is 15.0. The Bertz CT molecular complexity index is 3260. The summed E-state index contributed by atoms with van der Waals surface area (Å²) in [5.41, 5.74) is 9.40. The van der Waals surface area contributed by atoms with Crippen molar-refractivity contribution in [1.29, 1.82) is 0 Å². The second kappa shape index (κ2) is 17.3. The van der Waals surface area contributed by atoms with E-state index in [9.17, 15) is 13.2 Å². The van der Waals surface area contributed by atoms with E-state index in [1.54, 1.807) is 6.07 Å². The van der Waals surface area contributed by atoms with Crippen molar-refractivity contribution in [2.75, 3.05) is 4.90 Å². The van der Waals surface area contributed by atoms with Gasteiger partial charge in [0.1, 0.15) is 0 Å². The second-order valence-electron chi connectivity index (χ2n) is 17.6. The Labute approximate surface area is 397 Å². The molecule has 0 heterocycles. The Balaban J connectivity index is 1.16. The summed E-state index contributed by atoms with van der Waals surface area (Å²) in [5, 5.41) is 4.91. The minimum absolute atomic E-state index is 0.612. The number of anilines is 3. The van der Waals surface area contributed by atoms with E-state index in [1.165, 1.54) is 32.9 Å². The van der Waals surface area contributed by atoms with E-state index in [4.69, 9.17) is 0 Å². The molecule has 1 aliphatic rings. The van der Waals surface area contributed by atoms with Gasteiger partial charge in [0.25, 0.3) is 0 Å². The zero-order chi connectivity index (χ0) is 46.3. The molecule has 68 heavy (non-hydrogen) atoms. The number of benzene rings is 10. The van der Waals surface area contributed by atoms with Crippen LogP contribution >= 0.6 is 0 Å². The van der Waals surface area contributed by atoms with E-state index >= 15 is 0 Å². The van der Waals surface area contributed by atoms with Crippen molar-refractivity contribution < 1.29 is 13.2 Å². The van der Waals surface area contributed by atoms with E-state index in [2.05, 4.69) is 230 Å². The van der Waals surface area contributed by atoms with Crippen LogP contribution in [-0.2, 0) is 11.6 Å². The smallest absolute Gasteiger partial charge is 0.310 e. The third-order valence-corrected chi connectivity index (χ3v) is 18.6. The van der Waals surface area contributed by atoms with Gasteiger partial charge in [-0.2, -0.15) is 13.2 Å². The van der Waals surface area contributed by atoms with Crippen LogP contribution in [0, 0.1) is 6.92 Å². The van der Waals surface area contributed by atoms with Crippen LogP contribution in [0.2, 0.25) is 0 Å². The van der Waals surface area contributed by atoms with E-state index in [1.807, 2.05) is 24.3 Å². The summed E-state index contributed by atoms with van der Waals surface area (Å²) in [6.45, 7) is 2.06. The molecule has 1 nitrogen and oxygen atoms in total. The lowest BCUT2D eigenvalue weighted by molar-refractivity contribution is -0.137. The molecular weight excluding hydrogens is 856 g/mol. The zero-order valence-corrected chi connectivity index (χ0v) is 38.4. The summed E-state index contributed by atoms with van der Waals surface area (Å²) in [7, 11) is -2.92. The SMILES string of the molecule is Cc1ccc2c(c1)C(c1ccc(N(c3ccccc3)c3ccccc3-c3ccccc3)cc1)(c1ccc([Si](c3ccccc3)(c3ccccc3)c3ccccc3)cc1)c1cc(C(F)(F)F)ccc1-2. The quantitative estimate of drug-likeness (QED) is 0.0976. The molecule has 11 rings (SSSR count). The molecule has 5 heteroatoms. The average Bonchev–Trinajstić information content (AvgIpc) is 3.68. The first-order valence-corrected chi connectivity index (χ1v) is 25.0. The van der Waals surface area contributed by atoms with Crippen molar-refractivity contribution in [1.82, 2.24) is 0 Å². The van der Waals surface area contributed by atoms with Gasteiger partial charge in [-0.3, -0.25) is 0 Å². The largest absolute Gasteiger partial charge is 0.416 e. The molecule has 0 bridgehead atoms. The van der Waals surface area contributed by atoms with Gasteiger partial charge in [-0.05, 0) is 109 Å². The van der Waals surface area contributed by atoms with Gasteiger partial charge in [0.15, 0.2) is 8.07 Å². The van der Waals surface area contributed by atoms with Crippen LogP contribution in [0.3, 0.4) is 0 Å². The molecule has 0 N–H and O–H groups in total. The van der Waals surface area contributed by atoms with Crippen molar-refractivity contribution in [2.45, 2.75) is 18.5 Å². The van der Waals surface area contributed by atoms with Gasteiger partial charge in [0.2, 0.25) is 0 Å². The number of para-hydroxylation sites is 2. The highest BCUT2D eigenvalue weighted by Crippen LogP contribution is 2.57. The van der Waals surface area contributed by atoms with Crippen LogP contribution in [0.1, 0.15) is 33.4 Å². The van der Waals surface area contributed by atoms with Gasteiger partial charge in [-0.1, -0.05) is 224 Å². The monoisotopic (exact) mass is 901 g/mol. The topological polar surface area (TPSA) is 3.24 Å². The van der Waals surface area contributed by atoms with Crippen LogP contribution in [-0.4, -0.2) is 8.07 Å². The summed E-state index contributed by atoms with van der Waals surface area (Å²) >= 11 is 0. The van der Waals surface area contributed by atoms with Crippen molar-refractivity contribution in [3.63, 3.8) is 0 Å². The number of alkyl halides is 3. The maximum absolute atomic E-state index is 15.0. The molecule has 0 fully saturated rings. The molecular formula is C63H46F3NSi. The minimum Gasteiger partial charge on any atom is -0.310 e. The van der Waals surface area contributed by atoms with Gasteiger partial charge in [-0.25, -0.2) is 0 Å². The zero-order valence-electron chi connectivity index (χ0n) is 37.4. The number of hydrogen-bond acceptors (Lipinski definition) is 1. The second-order valence-corrected chi connectivity index (χ2v) is 21.4. The third kappa shape index (κ3) is 7.09. The Morgan fingerprint density at radius 1 is 0.382 bits per heavy atom. The molecule has 0 saturated carbocycles. The summed E-state index contributed by atoms with van der Waals surface area (Å²) < 4.78 is 45.0. The predicted octanol–water partition coefficient (Wildman–Crippen LogP) is 13.9. The Kier molecular flexibility index (Phi) is 10.9. The van der Waals surface area contributed by atoms with Gasteiger partial charge < -0.3 is 4.90 Å². The molecule has 1 unspecified atom stereocenters. The summed E-state index contributed by atoms with van der Waals surface area (Å²) in [6.07, 6.45) is -4.55. The number of aryl methyl sites for hydroxylation is 1. The summed E-state index contributed by atoms with van der Waals surface area (Å²) in [6, 6.07) is 89.4. The molecule has 10 aromatic carbocycles. The number of rotatable bonds is 10. The van der Waals surface area contributed by atoms with Crippen molar-refractivity contribution >= 4 is 45.9 Å². The third-order valence-electron chi connectivity index (χ3n) is 13.8. The normalized spacial score (nSPS) is 14.2. The van der Waals surface area contributed by atoms with Gasteiger partial charge >= 0.3 is 6.18 Å². The van der Waals surface area contributed by atoms with Gasteiger partial charge in [0.05, 0.1) is 16.7 Å². The molecule has 1 atom stereocenters. The predicted molar refractivity (Wildman–Crippen MR) is 277 cm³/mol. The van der Waals surface area contributed by atoms with Crippen LogP contribution in [0.15, 0.2) is 261 Å². The number of hydrogen-bond donors (Lipinski definition) is 0. The Morgan fingerprint density at radius 3 is 1.35 bits per heavy atom. The molecule has 10 aromatic rings. The average molecular weight is 902 g/mol. The number of fused-ring (bicyclic) bond motifs is 3. The van der Waals surface area contributed by atoms with Crippen LogP contribution in [0.5, 0.6) is 0 Å². The van der Waals surface area contributed by atoms with E-state index < -0.39 is 25.2 Å². The van der Waals surface area contributed by atoms with E-state index in [0.717, 1.165) is 61.6 Å². The van der Waals surface area contributed by atoms with Crippen molar-refractivity contribution in [2.24, 2.45) is 0 Å². The van der Waals surface area contributed by atoms with Crippen LogP contribution in [0.4, 0.5) is 30.2 Å². The first kappa shape index (κ1) is 42.6. The first-order chi connectivity index (χ1) is 33.3. The molecule has 0 radical (unpaired) electrons. The lowest BCUT2D eigenvalue weighted by Crippen LogP contribution is -2.74. The molecule has 0 aromatic heterocycles. The van der Waals surface area contributed by atoms with Crippen LogP contribution < -0.4 is 25.6 Å². The van der Waals surface area contributed by atoms with Crippen molar-refractivity contribution in [3.8, 4) is 22.3 Å². The molecule has 328 valence electrons. The Morgan fingerprint density at radius 2 is 0.809 bits per heavy atom. The number of halogens is 3. The van der Waals surface area contributed by atoms with E-state index in [-0.39, 0.29) is 0 Å². The minimum atomic E-state index is -4.55. The van der Waals surface area contributed by atoms with Gasteiger partial charge in [-0.15, -0.1) is 0 Å². The highest BCUT2D eigenvalue weighted by Gasteiger charge is 2.48. The fraction of sp³-hybridized carbons (Fsp3) is 0.0476. The summed E-state index contributed by atoms with van der Waals surface area (Å²) in [5.74, 6) is 0. The number of nitrogens with zero attached hydrogens (tertiary/aromatic N) is 1. The van der Waals surface area contributed by atoms with Gasteiger partial charge in [0, 0.05) is 16.9 Å². The summed E-state index contributed by atoms with van der Waals surface area (Å²) in [4.78, 5) is 2.26. The lowest BCUT2D eigenvalue weighted by atomic mass is 9.67. The molecule has 0 saturated heterocycles. The molecule has 0 amide bonds. The van der Waals surface area contributed by atoms with Crippen LogP contribution in [0.25, 0.3) is 22.3 Å². The Hall–Kier alpha value is -7.99. The molecule has 1 aliphatic carbocycles. The highest BCUT2D eigenvalue weighted by atomic mass is 28.3. The lowest BCUT2D eigenvalue weighted by Gasteiger charge is -2.37. The fourth-order valence-electron chi connectivity index (χ4n) is 10.8. The highest BCUT2D eigenvalue weighted by molar-refractivity contribution is 7.19. The maximum Gasteiger partial charge on any atom is 0.416 e. The van der Waals surface area contributed by atoms with Crippen molar-refractivity contribution in [3.05, 3.63) is 294 Å².